The number of hydrogen-bond acceptors (Lipinski definition) is 4. The van der Waals surface area contributed by atoms with E-state index in [-0.39, 0.29) is 5.69 Å². The summed E-state index contributed by atoms with van der Waals surface area (Å²) >= 11 is 0. The zero-order valence-corrected chi connectivity index (χ0v) is 9.14. The van der Waals surface area contributed by atoms with E-state index >= 15 is 0 Å². The predicted molar refractivity (Wildman–Crippen MR) is 57.4 cm³/mol. The van der Waals surface area contributed by atoms with E-state index in [4.69, 9.17) is 4.74 Å². The Balaban J connectivity index is 2.45. The van der Waals surface area contributed by atoms with Crippen LogP contribution in [0.3, 0.4) is 0 Å². The van der Waals surface area contributed by atoms with Gasteiger partial charge in [0.25, 0.3) is 5.69 Å². The number of nitrogens with zero attached hydrogens (tertiary/aromatic N) is 1. The molecule has 86 valence electrons. The number of fused-ring (bicyclic) bond motifs is 1. The molecule has 0 saturated heterocycles. The molecule has 0 fully saturated rings. The molecule has 1 aliphatic heterocycles. The Morgan fingerprint density at radius 1 is 1.56 bits per heavy atom. The van der Waals surface area contributed by atoms with Gasteiger partial charge in [0, 0.05) is 24.1 Å². The molecule has 2 rings (SSSR count). The van der Waals surface area contributed by atoms with E-state index in [1.807, 2.05) is 13.8 Å². The first-order valence-corrected chi connectivity index (χ1v) is 5.04. The molecule has 1 aromatic rings. The van der Waals surface area contributed by atoms with E-state index in [2.05, 4.69) is 0 Å². The van der Waals surface area contributed by atoms with Crippen LogP contribution in [0.4, 0.5) is 5.69 Å². The number of non-ortho nitro benzene ring substituents is 1. The Bertz CT molecular complexity index is 442. The lowest BCUT2D eigenvalue weighted by Gasteiger charge is -2.35. The number of benzene rings is 1. The molecule has 0 aliphatic carbocycles. The van der Waals surface area contributed by atoms with Crippen LogP contribution in [0.25, 0.3) is 0 Å². The fraction of sp³-hybridized carbons (Fsp3) is 0.455. The highest BCUT2D eigenvalue weighted by atomic mass is 16.6. The molecule has 0 radical (unpaired) electrons. The Hall–Kier alpha value is -1.62. The minimum absolute atomic E-state index is 0.0268. The fourth-order valence-electron chi connectivity index (χ4n) is 1.92. The van der Waals surface area contributed by atoms with E-state index in [0.717, 1.165) is 0 Å². The Kier molecular flexibility index (Phi) is 2.35. The SMILES string of the molecule is CC1(C)CC(O)c2cc([N+](=O)[O-])ccc2O1. The van der Waals surface area contributed by atoms with Crippen molar-refractivity contribution in [2.45, 2.75) is 32.0 Å². The third-order valence-electron chi connectivity index (χ3n) is 2.63. The van der Waals surface area contributed by atoms with E-state index < -0.39 is 16.6 Å². The summed E-state index contributed by atoms with van der Waals surface area (Å²) < 4.78 is 5.64. The maximum atomic E-state index is 10.6. The minimum Gasteiger partial charge on any atom is -0.487 e. The maximum absolute atomic E-state index is 10.6. The number of rotatable bonds is 1. The lowest BCUT2D eigenvalue weighted by Crippen LogP contribution is -2.34. The maximum Gasteiger partial charge on any atom is 0.270 e. The Labute approximate surface area is 92.8 Å². The third kappa shape index (κ3) is 1.86. The summed E-state index contributed by atoms with van der Waals surface area (Å²) in [4.78, 5) is 10.1. The van der Waals surface area contributed by atoms with Gasteiger partial charge in [-0.05, 0) is 19.9 Å². The van der Waals surface area contributed by atoms with Gasteiger partial charge in [-0.2, -0.15) is 0 Å². The number of ether oxygens (including phenoxy) is 1. The van der Waals surface area contributed by atoms with Gasteiger partial charge in [0.1, 0.15) is 11.4 Å². The van der Waals surface area contributed by atoms with Gasteiger partial charge in [0.2, 0.25) is 0 Å². The second kappa shape index (κ2) is 3.45. The van der Waals surface area contributed by atoms with Crippen molar-refractivity contribution in [2.75, 3.05) is 0 Å². The first-order valence-electron chi connectivity index (χ1n) is 5.04. The standard InChI is InChI=1S/C11H13NO4/c1-11(2)6-9(13)8-5-7(12(14)15)3-4-10(8)16-11/h3-5,9,13H,6H2,1-2H3. The lowest BCUT2D eigenvalue weighted by molar-refractivity contribution is -0.385. The molecule has 1 atom stereocenters. The summed E-state index contributed by atoms with van der Waals surface area (Å²) in [7, 11) is 0. The molecule has 5 heteroatoms. The summed E-state index contributed by atoms with van der Waals surface area (Å²) in [5, 5.41) is 20.5. The van der Waals surface area contributed by atoms with Crippen molar-refractivity contribution in [3.8, 4) is 5.75 Å². The van der Waals surface area contributed by atoms with Gasteiger partial charge in [0.05, 0.1) is 11.0 Å². The highest BCUT2D eigenvalue weighted by molar-refractivity contribution is 5.46. The van der Waals surface area contributed by atoms with Gasteiger partial charge in [-0.25, -0.2) is 0 Å². The van der Waals surface area contributed by atoms with Gasteiger partial charge in [-0.15, -0.1) is 0 Å². The normalized spacial score (nSPS) is 22.1. The third-order valence-corrected chi connectivity index (χ3v) is 2.63. The topological polar surface area (TPSA) is 72.6 Å². The number of aliphatic hydroxyl groups is 1. The van der Waals surface area contributed by atoms with Crippen molar-refractivity contribution in [1.29, 1.82) is 0 Å². The second-order valence-electron chi connectivity index (χ2n) is 4.56. The van der Waals surface area contributed by atoms with Crippen LogP contribution in [0.5, 0.6) is 5.75 Å². The van der Waals surface area contributed by atoms with Gasteiger partial charge in [0.15, 0.2) is 0 Å². The smallest absolute Gasteiger partial charge is 0.270 e. The number of aliphatic hydroxyl groups excluding tert-OH is 1. The molecule has 1 unspecified atom stereocenters. The molecule has 1 heterocycles. The minimum atomic E-state index is -0.710. The van der Waals surface area contributed by atoms with E-state index in [1.54, 1.807) is 0 Å². The molecule has 0 amide bonds. The van der Waals surface area contributed by atoms with Crippen molar-refractivity contribution >= 4 is 5.69 Å². The quantitative estimate of drug-likeness (QED) is 0.585. The van der Waals surface area contributed by atoms with Crippen LogP contribution in [0.2, 0.25) is 0 Å². The van der Waals surface area contributed by atoms with E-state index in [0.29, 0.717) is 17.7 Å². The molecular formula is C11H13NO4. The summed E-state index contributed by atoms with van der Waals surface area (Å²) in [6.07, 6.45) is -0.278. The first-order chi connectivity index (χ1) is 7.39. The highest BCUT2D eigenvalue weighted by Crippen LogP contribution is 2.40. The Morgan fingerprint density at radius 3 is 2.88 bits per heavy atom. The lowest BCUT2D eigenvalue weighted by atomic mass is 9.91. The summed E-state index contributed by atoms with van der Waals surface area (Å²) in [6.45, 7) is 3.75. The second-order valence-corrected chi connectivity index (χ2v) is 4.56. The van der Waals surface area contributed by atoms with Gasteiger partial charge in [-0.1, -0.05) is 0 Å². The predicted octanol–water partition coefficient (Wildman–Crippen LogP) is 2.19. The monoisotopic (exact) mass is 223 g/mol. The fourth-order valence-corrected chi connectivity index (χ4v) is 1.92. The van der Waals surface area contributed by atoms with Gasteiger partial charge in [-0.3, -0.25) is 10.1 Å². The van der Waals surface area contributed by atoms with Crippen LogP contribution in [-0.4, -0.2) is 15.6 Å². The summed E-state index contributed by atoms with van der Waals surface area (Å²) in [6, 6.07) is 4.29. The average molecular weight is 223 g/mol. The molecule has 1 N–H and O–H groups in total. The zero-order chi connectivity index (χ0) is 11.9. The van der Waals surface area contributed by atoms with Gasteiger partial charge >= 0.3 is 0 Å². The Morgan fingerprint density at radius 2 is 2.25 bits per heavy atom. The van der Waals surface area contributed by atoms with E-state index in [9.17, 15) is 15.2 Å². The average Bonchev–Trinajstić information content (AvgIpc) is 2.15. The molecule has 0 bridgehead atoms. The molecule has 0 aromatic heterocycles. The van der Waals surface area contributed by atoms with Crippen molar-refractivity contribution < 1.29 is 14.8 Å². The summed E-state index contributed by atoms with van der Waals surface area (Å²) in [5.74, 6) is 0.523. The van der Waals surface area contributed by atoms with Crippen LogP contribution in [0.15, 0.2) is 18.2 Å². The zero-order valence-electron chi connectivity index (χ0n) is 9.14. The largest absolute Gasteiger partial charge is 0.487 e. The van der Waals surface area contributed by atoms with Crippen molar-refractivity contribution in [3.05, 3.63) is 33.9 Å². The number of nitro groups is 1. The van der Waals surface area contributed by atoms with Crippen molar-refractivity contribution in [2.24, 2.45) is 0 Å². The molecular weight excluding hydrogens is 210 g/mol. The summed E-state index contributed by atoms with van der Waals surface area (Å²) in [5.41, 5.74) is 0.0253. The number of nitro benzene ring substituents is 1. The van der Waals surface area contributed by atoms with Crippen LogP contribution >= 0.6 is 0 Å². The van der Waals surface area contributed by atoms with Crippen LogP contribution in [-0.2, 0) is 0 Å². The van der Waals surface area contributed by atoms with E-state index in [1.165, 1.54) is 18.2 Å². The molecule has 1 aliphatic rings. The molecule has 0 spiro atoms. The van der Waals surface area contributed by atoms with Crippen molar-refractivity contribution in [3.63, 3.8) is 0 Å². The van der Waals surface area contributed by atoms with Crippen LogP contribution in [0, 0.1) is 10.1 Å². The molecule has 16 heavy (non-hydrogen) atoms. The number of hydrogen-bond donors (Lipinski definition) is 1. The molecule has 1 aromatic carbocycles. The molecule has 0 saturated carbocycles. The van der Waals surface area contributed by atoms with Crippen LogP contribution < -0.4 is 4.74 Å². The highest BCUT2D eigenvalue weighted by Gasteiger charge is 2.33. The van der Waals surface area contributed by atoms with Crippen LogP contribution in [0.1, 0.15) is 31.9 Å². The van der Waals surface area contributed by atoms with Crippen molar-refractivity contribution in [1.82, 2.24) is 0 Å². The van der Waals surface area contributed by atoms with Gasteiger partial charge < -0.3 is 9.84 Å². The first kappa shape index (κ1) is 10.9. The molecule has 5 nitrogen and oxygen atoms in total.